The van der Waals surface area contributed by atoms with Crippen molar-refractivity contribution in [3.8, 4) is 6.07 Å². The van der Waals surface area contributed by atoms with Crippen LogP contribution >= 0.6 is 0 Å². The predicted octanol–water partition coefficient (Wildman–Crippen LogP) is 2.78. The quantitative estimate of drug-likeness (QED) is 0.596. The van der Waals surface area contributed by atoms with Gasteiger partial charge in [-0.3, -0.25) is 0 Å². The van der Waals surface area contributed by atoms with Crippen LogP contribution in [0.4, 0.5) is 0 Å². The van der Waals surface area contributed by atoms with Crippen molar-refractivity contribution in [3.63, 3.8) is 0 Å². The van der Waals surface area contributed by atoms with Gasteiger partial charge in [0.15, 0.2) is 0 Å². The minimum absolute atomic E-state index is 0.315. The minimum Gasteiger partial charge on any atom is -0.306 e. The standard InChI is InChI=1S/C14H29N3/c1-5-7-8-11-17(4)12-9-10-14(6-2,13-15)16-3/h16H,5-12H2,1-4H3. The SMILES string of the molecule is CCCCCN(C)CCCC(C#N)(CC)NC. The minimum atomic E-state index is -0.315. The summed E-state index contributed by atoms with van der Waals surface area (Å²) in [6.07, 6.45) is 6.79. The molecule has 0 aliphatic carbocycles. The number of hydrogen-bond donors (Lipinski definition) is 1. The molecule has 0 spiro atoms. The van der Waals surface area contributed by atoms with Gasteiger partial charge in [-0.15, -0.1) is 0 Å². The Morgan fingerprint density at radius 2 is 1.82 bits per heavy atom. The van der Waals surface area contributed by atoms with Crippen LogP contribution in [0.5, 0.6) is 0 Å². The molecular formula is C14H29N3. The van der Waals surface area contributed by atoms with E-state index >= 15 is 0 Å². The lowest BCUT2D eigenvalue weighted by molar-refractivity contribution is 0.295. The van der Waals surface area contributed by atoms with E-state index in [1.54, 1.807) is 0 Å². The maximum absolute atomic E-state index is 9.19. The van der Waals surface area contributed by atoms with Gasteiger partial charge in [0, 0.05) is 0 Å². The molecular weight excluding hydrogens is 210 g/mol. The summed E-state index contributed by atoms with van der Waals surface area (Å²) >= 11 is 0. The number of nitriles is 1. The normalized spacial score (nSPS) is 14.6. The van der Waals surface area contributed by atoms with E-state index in [1.807, 2.05) is 7.05 Å². The summed E-state index contributed by atoms with van der Waals surface area (Å²) in [7, 11) is 4.06. The van der Waals surface area contributed by atoms with Crippen LogP contribution in [-0.2, 0) is 0 Å². The van der Waals surface area contributed by atoms with Gasteiger partial charge in [-0.25, -0.2) is 0 Å². The number of hydrogen-bond acceptors (Lipinski definition) is 3. The topological polar surface area (TPSA) is 39.1 Å². The molecule has 0 radical (unpaired) electrons. The third-order valence-corrected chi connectivity index (χ3v) is 3.58. The van der Waals surface area contributed by atoms with E-state index in [0.29, 0.717) is 0 Å². The van der Waals surface area contributed by atoms with Gasteiger partial charge in [0.1, 0.15) is 5.54 Å². The van der Waals surface area contributed by atoms with Crippen molar-refractivity contribution in [1.29, 1.82) is 5.26 Å². The van der Waals surface area contributed by atoms with E-state index in [9.17, 15) is 5.26 Å². The first-order valence-electron chi connectivity index (χ1n) is 6.92. The van der Waals surface area contributed by atoms with Gasteiger partial charge in [0.25, 0.3) is 0 Å². The van der Waals surface area contributed by atoms with Crippen LogP contribution in [0.25, 0.3) is 0 Å². The van der Waals surface area contributed by atoms with Gasteiger partial charge in [-0.2, -0.15) is 5.26 Å². The second kappa shape index (κ2) is 9.44. The third kappa shape index (κ3) is 6.65. The average Bonchev–Trinajstić information content (AvgIpc) is 2.36. The van der Waals surface area contributed by atoms with Crippen LogP contribution in [0.15, 0.2) is 0 Å². The molecule has 17 heavy (non-hydrogen) atoms. The molecule has 0 saturated heterocycles. The van der Waals surface area contributed by atoms with E-state index in [0.717, 1.165) is 25.8 Å². The Bertz CT molecular complexity index is 216. The average molecular weight is 239 g/mol. The molecule has 0 bridgehead atoms. The van der Waals surface area contributed by atoms with Crippen molar-refractivity contribution >= 4 is 0 Å². The maximum atomic E-state index is 9.19. The van der Waals surface area contributed by atoms with Gasteiger partial charge in [0.05, 0.1) is 6.07 Å². The molecule has 0 amide bonds. The van der Waals surface area contributed by atoms with Gasteiger partial charge >= 0.3 is 0 Å². The third-order valence-electron chi connectivity index (χ3n) is 3.58. The van der Waals surface area contributed by atoms with Gasteiger partial charge in [-0.1, -0.05) is 26.7 Å². The summed E-state index contributed by atoms with van der Waals surface area (Å²) in [5.74, 6) is 0. The highest BCUT2D eigenvalue weighted by atomic mass is 15.1. The largest absolute Gasteiger partial charge is 0.306 e. The number of nitrogens with one attached hydrogen (secondary N) is 1. The highest BCUT2D eigenvalue weighted by molar-refractivity contribution is 5.05. The van der Waals surface area contributed by atoms with E-state index < -0.39 is 0 Å². The van der Waals surface area contributed by atoms with E-state index in [1.165, 1.54) is 25.8 Å². The summed E-state index contributed by atoms with van der Waals surface area (Å²) in [6.45, 7) is 6.58. The van der Waals surface area contributed by atoms with E-state index in [2.05, 4.69) is 37.2 Å². The van der Waals surface area contributed by atoms with Crippen molar-refractivity contribution in [2.24, 2.45) is 0 Å². The molecule has 3 nitrogen and oxygen atoms in total. The first kappa shape index (κ1) is 16.4. The van der Waals surface area contributed by atoms with Crippen LogP contribution < -0.4 is 5.32 Å². The number of rotatable bonds is 10. The molecule has 0 heterocycles. The molecule has 0 aromatic rings. The molecule has 0 aliphatic heterocycles. The van der Waals surface area contributed by atoms with Gasteiger partial charge in [-0.05, 0) is 52.9 Å². The van der Waals surface area contributed by atoms with Crippen molar-refractivity contribution in [3.05, 3.63) is 0 Å². The molecule has 1 atom stereocenters. The summed E-state index contributed by atoms with van der Waals surface area (Å²) in [5.41, 5.74) is -0.315. The Labute approximate surface area is 107 Å². The Morgan fingerprint density at radius 1 is 1.18 bits per heavy atom. The van der Waals surface area contributed by atoms with Crippen LogP contribution in [0.2, 0.25) is 0 Å². The number of unbranched alkanes of at least 4 members (excludes halogenated alkanes) is 2. The van der Waals surface area contributed by atoms with E-state index in [4.69, 9.17) is 0 Å². The fraction of sp³-hybridized carbons (Fsp3) is 0.929. The van der Waals surface area contributed by atoms with Gasteiger partial charge in [0.2, 0.25) is 0 Å². The lowest BCUT2D eigenvalue weighted by Crippen LogP contribution is -2.41. The Hall–Kier alpha value is -0.590. The fourth-order valence-corrected chi connectivity index (χ4v) is 2.06. The smallest absolute Gasteiger partial charge is 0.106 e. The highest BCUT2D eigenvalue weighted by Crippen LogP contribution is 2.16. The molecule has 1 N–H and O–H groups in total. The molecule has 0 aliphatic rings. The number of nitrogens with zero attached hydrogens (tertiary/aromatic N) is 2. The van der Waals surface area contributed by atoms with Crippen LogP contribution in [-0.4, -0.2) is 37.6 Å². The maximum Gasteiger partial charge on any atom is 0.106 e. The van der Waals surface area contributed by atoms with E-state index in [-0.39, 0.29) is 5.54 Å². The Morgan fingerprint density at radius 3 is 2.29 bits per heavy atom. The molecule has 3 heteroatoms. The summed E-state index contributed by atoms with van der Waals surface area (Å²) in [4.78, 5) is 2.38. The van der Waals surface area contributed by atoms with Crippen molar-refractivity contribution in [2.75, 3.05) is 27.2 Å². The van der Waals surface area contributed by atoms with Crippen LogP contribution in [0.1, 0.15) is 52.4 Å². The Balaban J connectivity index is 3.78. The highest BCUT2D eigenvalue weighted by Gasteiger charge is 2.24. The molecule has 0 aromatic heterocycles. The van der Waals surface area contributed by atoms with Crippen molar-refractivity contribution in [1.82, 2.24) is 10.2 Å². The zero-order chi connectivity index (χ0) is 13.1. The second-order valence-electron chi connectivity index (χ2n) is 4.91. The summed E-state index contributed by atoms with van der Waals surface area (Å²) in [6, 6.07) is 2.41. The molecule has 0 aromatic carbocycles. The lowest BCUT2D eigenvalue weighted by atomic mass is 9.92. The first-order chi connectivity index (χ1) is 8.14. The molecule has 100 valence electrons. The van der Waals surface area contributed by atoms with Crippen LogP contribution in [0, 0.1) is 11.3 Å². The second-order valence-corrected chi connectivity index (χ2v) is 4.91. The lowest BCUT2D eigenvalue weighted by Gasteiger charge is -2.25. The summed E-state index contributed by atoms with van der Waals surface area (Å²) < 4.78 is 0. The molecule has 0 saturated carbocycles. The zero-order valence-electron chi connectivity index (χ0n) is 12.1. The molecule has 0 fully saturated rings. The summed E-state index contributed by atoms with van der Waals surface area (Å²) in [5, 5.41) is 12.4. The first-order valence-corrected chi connectivity index (χ1v) is 6.92. The van der Waals surface area contributed by atoms with Crippen molar-refractivity contribution < 1.29 is 0 Å². The monoisotopic (exact) mass is 239 g/mol. The van der Waals surface area contributed by atoms with Crippen LogP contribution in [0.3, 0.4) is 0 Å². The van der Waals surface area contributed by atoms with Crippen molar-refractivity contribution in [2.45, 2.75) is 57.9 Å². The van der Waals surface area contributed by atoms with Gasteiger partial charge < -0.3 is 10.2 Å². The zero-order valence-corrected chi connectivity index (χ0v) is 12.1. The predicted molar refractivity (Wildman–Crippen MR) is 74.0 cm³/mol. The fourth-order valence-electron chi connectivity index (χ4n) is 2.06. The Kier molecular flexibility index (Phi) is 9.11. The molecule has 0 rings (SSSR count). The molecule has 1 unspecified atom stereocenters.